The predicted molar refractivity (Wildman–Crippen MR) is 101 cm³/mol. The van der Waals surface area contributed by atoms with Gasteiger partial charge >= 0.3 is 0 Å². The number of anilines is 2. The largest absolute Gasteiger partial charge is 0.348 e. The van der Waals surface area contributed by atoms with Crippen molar-refractivity contribution in [1.29, 1.82) is 0 Å². The fraction of sp³-hybridized carbons (Fsp3) is 0.421. The van der Waals surface area contributed by atoms with Gasteiger partial charge in [0.05, 0.1) is 0 Å². The zero-order chi connectivity index (χ0) is 17.8. The average molecular weight is 359 g/mol. The van der Waals surface area contributed by atoms with Gasteiger partial charge in [-0.25, -0.2) is 9.97 Å². The van der Waals surface area contributed by atoms with E-state index < -0.39 is 0 Å². The van der Waals surface area contributed by atoms with Crippen LogP contribution in [-0.2, 0) is 0 Å². The first-order valence-electron chi connectivity index (χ1n) is 8.71. The Balaban J connectivity index is 1.76. The zero-order valence-corrected chi connectivity index (χ0v) is 15.4. The Morgan fingerprint density at radius 2 is 1.88 bits per heavy atom. The number of amides is 1. The van der Waals surface area contributed by atoms with Crippen molar-refractivity contribution in [3.8, 4) is 0 Å². The van der Waals surface area contributed by atoms with Crippen LogP contribution in [0.4, 0.5) is 11.5 Å². The van der Waals surface area contributed by atoms with Crippen LogP contribution in [0.3, 0.4) is 0 Å². The van der Waals surface area contributed by atoms with Gasteiger partial charge in [-0.15, -0.1) is 0 Å². The highest BCUT2D eigenvalue weighted by atomic mass is 35.5. The highest BCUT2D eigenvalue weighted by molar-refractivity contribution is 6.30. The van der Waals surface area contributed by atoms with Crippen molar-refractivity contribution in [3.63, 3.8) is 0 Å². The van der Waals surface area contributed by atoms with Crippen LogP contribution >= 0.6 is 11.6 Å². The lowest BCUT2D eigenvalue weighted by molar-refractivity contribution is 0.0922. The van der Waals surface area contributed by atoms with Gasteiger partial charge in [-0.2, -0.15) is 0 Å². The van der Waals surface area contributed by atoms with Crippen LogP contribution in [0.1, 0.15) is 54.0 Å². The molecule has 0 radical (unpaired) electrons. The summed E-state index contributed by atoms with van der Waals surface area (Å²) in [6, 6.07) is 7.55. The Kier molecular flexibility index (Phi) is 5.53. The number of carbonyl (C=O) groups is 1. The molecule has 2 N–H and O–H groups in total. The number of hydrogen-bond acceptors (Lipinski definition) is 4. The minimum atomic E-state index is -0.131. The molecule has 0 unspecified atom stereocenters. The molecule has 2 aromatic rings. The molecule has 6 heteroatoms. The number of benzene rings is 1. The summed E-state index contributed by atoms with van der Waals surface area (Å²) in [5, 5.41) is 7.04. The maximum absolute atomic E-state index is 12.5. The second-order valence-electron chi connectivity index (χ2n) is 6.58. The predicted octanol–water partition coefficient (Wildman–Crippen LogP) is 4.55. The minimum absolute atomic E-state index is 0.131. The van der Waals surface area contributed by atoms with Gasteiger partial charge in [0.25, 0.3) is 5.91 Å². The highest BCUT2D eigenvalue weighted by Gasteiger charge is 2.18. The van der Waals surface area contributed by atoms with Gasteiger partial charge in [0.1, 0.15) is 17.3 Å². The third-order valence-electron chi connectivity index (χ3n) is 4.46. The molecular formula is C19H23ClN4O. The van der Waals surface area contributed by atoms with Gasteiger partial charge in [0, 0.05) is 22.8 Å². The van der Waals surface area contributed by atoms with Gasteiger partial charge in [-0.1, -0.05) is 30.9 Å². The first-order valence-corrected chi connectivity index (χ1v) is 9.09. The summed E-state index contributed by atoms with van der Waals surface area (Å²) in [7, 11) is 0. The maximum atomic E-state index is 12.5. The molecule has 0 bridgehead atoms. The summed E-state index contributed by atoms with van der Waals surface area (Å²) in [6.45, 7) is 3.76. The Bertz CT molecular complexity index is 772. The summed E-state index contributed by atoms with van der Waals surface area (Å²) < 4.78 is 0. The van der Waals surface area contributed by atoms with Crippen molar-refractivity contribution < 1.29 is 4.79 Å². The number of aromatic nitrogens is 2. The summed E-state index contributed by atoms with van der Waals surface area (Å²) in [4.78, 5) is 21.2. The Hall–Kier alpha value is -2.14. The number of hydrogen-bond donors (Lipinski definition) is 2. The summed E-state index contributed by atoms with van der Waals surface area (Å²) in [6.07, 6.45) is 5.70. The summed E-state index contributed by atoms with van der Waals surface area (Å²) in [5.74, 6) is 1.03. The van der Waals surface area contributed by atoms with Crippen LogP contribution in [-0.4, -0.2) is 21.9 Å². The summed E-state index contributed by atoms with van der Waals surface area (Å²) in [5.41, 5.74) is 2.31. The van der Waals surface area contributed by atoms with Crippen molar-refractivity contribution >= 4 is 29.0 Å². The molecular weight excluding hydrogens is 336 g/mol. The lowest BCUT2D eigenvalue weighted by Crippen LogP contribution is -2.36. The van der Waals surface area contributed by atoms with Crippen LogP contribution < -0.4 is 10.6 Å². The van der Waals surface area contributed by atoms with E-state index >= 15 is 0 Å². The Morgan fingerprint density at radius 1 is 1.12 bits per heavy atom. The van der Waals surface area contributed by atoms with Crippen molar-refractivity contribution in [3.05, 3.63) is 46.4 Å². The van der Waals surface area contributed by atoms with E-state index in [-0.39, 0.29) is 11.9 Å². The van der Waals surface area contributed by atoms with Crippen LogP contribution in [0.15, 0.2) is 24.3 Å². The number of rotatable bonds is 4. The molecule has 0 aliphatic heterocycles. The lowest BCUT2D eigenvalue weighted by atomic mass is 9.95. The molecule has 3 rings (SSSR count). The third-order valence-corrected chi connectivity index (χ3v) is 4.70. The second-order valence-corrected chi connectivity index (χ2v) is 7.01. The van der Waals surface area contributed by atoms with E-state index in [2.05, 4.69) is 20.6 Å². The van der Waals surface area contributed by atoms with Crippen molar-refractivity contribution in [2.45, 2.75) is 52.0 Å². The van der Waals surface area contributed by atoms with Gasteiger partial charge in [-0.3, -0.25) is 4.79 Å². The molecule has 0 saturated heterocycles. The fourth-order valence-corrected chi connectivity index (χ4v) is 3.39. The SMILES string of the molecule is Cc1nc(Nc2ccc(Cl)cc2C)cc(C(=O)NC2CCCCC2)n1. The van der Waals surface area contributed by atoms with Gasteiger partial charge in [0.15, 0.2) is 0 Å². The lowest BCUT2D eigenvalue weighted by Gasteiger charge is -2.22. The first-order chi connectivity index (χ1) is 12.0. The quantitative estimate of drug-likeness (QED) is 0.841. The van der Waals surface area contributed by atoms with E-state index in [1.165, 1.54) is 19.3 Å². The van der Waals surface area contributed by atoms with Gasteiger partial charge in [-0.05, 0) is 50.5 Å². The van der Waals surface area contributed by atoms with Crippen molar-refractivity contribution in [2.24, 2.45) is 0 Å². The normalized spacial score (nSPS) is 15.0. The molecule has 132 valence electrons. The number of nitrogens with zero attached hydrogens (tertiary/aromatic N) is 2. The summed E-state index contributed by atoms with van der Waals surface area (Å²) >= 11 is 6.00. The third kappa shape index (κ3) is 4.69. The van der Waals surface area contributed by atoms with Crippen LogP contribution in [0.2, 0.25) is 5.02 Å². The number of aryl methyl sites for hydroxylation is 2. The standard InChI is InChI=1S/C19H23ClN4O/c1-12-10-14(20)8-9-16(12)24-18-11-17(21-13(2)22-18)19(25)23-15-6-4-3-5-7-15/h8-11,15H,3-7H2,1-2H3,(H,23,25)(H,21,22,24). The molecule has 1 aromatic carbocycles. The van der Waals surface area contributed by atoms with Crippen LogP contribution in [0, 0.1) is 13.8 Å². The first kappa shape index (κ1) is 17.7. The van der Waals surface area contributed by atoms with Gasteiger partial charge < -0.3 is 10.6 Å². The molecule has 1 aliphatic rings. The smallest absolute Gasteiger partial charge is 0.270 e. The fourth-order valence-electron chi connectivity index (χ4n) is 3.16. The van der Waals surface area contributed by atoms with E-state index in [0.29, 0.717) is 22.4 Å². The monoisotopic (exact) mass is 358 g/mol. The molecule has 5 nitrogen and oxygen atoms in total. The average Bonchev–Trinajstić information content (AvgIpc) is 2.58. The van der Waals surface area contributed by atoms with Crippen molar-refractivity contribution in [1.82, 2.24) is 15.3 Å². The molecule has 1 aliphatic carbocycles. The molecule has 1 fully saturated rings. The number of nitrogens with one attached hydrogen (secondary N) is 2. The molecule has 0 atom stereocenters. The Morgan fingerprint density at radius 3 is 2.60 bits per heavy atom. The van der Waals surface area contributed by atoms with E-state index in [1.807, 2.05) is 25.1 Å². The van der Waals surface area contributed by atoms with Crippen LogP contribution in [0.25, 0.3) is 0 Å². The topological polar surface area (TPSA) is 66.9 Å². The van der Waals surface area contributed by atoms with Crippen molar-refractivity contribution in [2.75, 3.05) is 5.32 Å². The molecule has 1 heterocycles. The molecule has 1 aromatic heterocycles. The van der Waals surface area contributed by atoms with E-state index in [1.54, 1.807) is 13.0 Å². The Labute approximate surface area is 153 Å². The molecule has 1 amide bonds. The maximum Gasteiger partial charge on any atom is 0.270 e. The number of halogens is 1. The van der Waals surface area contributed by atoms with Gasteiger partial charge in [0.2, 0.25) is 0 Å². The minimum Gasteiger partial charge on any atom is -0.348 e. The number of carbonyl (C=O) groups excluding carboxylic acids is 1. The van der Waals surface area contributed by atoms with E-state index in [4.69, 9.17) is 11.6 Å². The van der Waals surface area contributed by atoms with E-state index in [9.17, 15) is 4.79 Å². The zero-order valence-electron chi connectivity index (χ0n) is 14.6. The highest BCUT2D eigenvalue weighted by Crippen LogP contribution is 2.23. The molecule has 1 saturated carbocycles. The molecule has 25 heavy (non-hydrogen) atoms. The molecule has 0 spiro atoms. The second kappa shape index (κ2) is 7.83. The van der Waals surface area contributed by atoms with E-state index in [0.717, 1.165) is 24.1 Å². The van der Waals surface area contributed by atoms with Crippen LogP contribution in [0.5, 0.6) is 0 Å².